The summed E-state index contributed by atoms with van der Waals surface area (Å²) in [4.78, 5) is 14.3. The Morgan fingerprint density at radius 1 is 1.28 bits per heavy atom. The zero-order chi connectivity index (χ0) is 13.0. The van der Waals surface area contributed by atoms with Gasteiger partial charge < -0.3 is 5.73 Å². The number of nitrogen functional groups attached to an aromatic ring is 1. The number of nitrogens with zero attached hydrogens (tertiary/aromatic N) is 2. The van der Waals surface area contributed by atoms with E-state index < -0.39 is 4.92 Å². The maximum atomic E-state index is 10.5. The monoisotopic (exact) mass is 261 g/mol. The van der Waals surface area contributed by atoms with Crippen molar-refractivity contribution in [2.45, 2.75) is 10.8 Å². The van der Waals surface area contributed by atoms with Gasteiger partial charge in [0.15, 0.2) is 0 Å². The molecule has 92 valence electrons. The van der Waals surface area contributed by atoms with Gasteiger partial charge in [-0.05, 0) is 17.7 Å². The van der Waals surface area contributed by atoms with Crippen LogP contribution in [0.5, 0.6) is 0 Å². The smallest absolute Gasteiger partial charge is 0.269 e. The summed E-state index contributed by atoms with van der Waals surface area (Å²) in [5, 5.41) is 11.3. The lowest BCUT2D eigenvalue weighted by molar-refractivity contribution is -0.384. The van der Waals surface area contributed by atoms with Crippen molar-refractivity contribution in [3.8, 4) is 0 Å². The molecular formula is C12H11N3O2S. The highest BCUT2D eigenvalue weighted by Crippen LogP contribution is 2.26. The zero-order valence-electron chi connectivity index (χ0n) is 9.45. The molecule has 0 unspecified atom stereocenters. The molecule has 0 spiro atoms. The Kier molecular flexibility index (Phi) is 3.78. The van der Waals surface area contributed by atoms with Gasteiger partial charge in [-0.25, -0.2) is 4.98 Å². The summed E-state index contributed by atoms with van der Waals surface area (Å²) < 4.78 is 0. The summed E-state index contributed by atoms with van der Waals surface area (Å²) in [6, 6.07) is 10.1. The van der Waals surface area contributed by atoms with Gasteiger partial charge in [-0.3, -0.25) is 10.1 Å². The highest BCUT2D eigenvalue weighted by molar-refractivity contribution is 7.98. The number of aromatic nitrogens is 1. The fourth-order valence-electron chi connectivity index (χ4n) is 1.39. The fourth-order valence-corrected chi connectivity index (χ4v) is 2.26. The van der Waals surface area contributed by atoms with Crippen molar-refractivity contribution >= 4 is 23.1 Å². The highest BCUT2D eigenvalue weighted by atomic mass is 32.2. The molecule has 0 bridgehead atoms. The molecule has 1 aromatic carbocycles. The van der Waals surface area contributed by atoms with E-state index in [9.17, 15) is 10.1 Å². The van der Waals surface area contributed by atoms with Gasteiger partial charge in [0.05, 0.1) is 10.6 Å². The Morgan fingerprint density at radius 3 is 2.61 bits per heavy atom. The average Bonchev–Trinajstić information content (AvgIpc) is 2.38. The van der Waals surface area contributed by atoms with Crippen molar-refractivity contribution in [3.05, 3.63) is 58.3 Å². The van der Waals surface area contributed by atoms with Crippen LogP contribution in [-0.4, -0.2) is 9.91 Å². The summed E-state index contributed by atoms with van der Waals surface area (Å²) in [5.74, 6) is 0.680. The summed E-state index contributed by atoms with van der Waals surface area (Å²) in [6.07, 6.45) is 1.69. The van der Waals surface area contributed by atoms with Crippen molar-refractivity contribution in [1.29, 1.82) is 0 Å². The van der Waals surface area contributed by atoms with Crippen LogP contribution < -0.4 is 5.73 Å². The molecule has 18 heavy (non-hydrogen) atoms. The van der Waals surface area contributed by atoms with Crippen LogP contribution in [0.1, 0.15) is 5.56 Å². The molecule has 0 aliphatic rings. The van der Waals surface area contributed by atoms with Crippen LogP contribution in [0, 0.1) is 10.1 Å². The minimum absolute atomic E-state index is 0.0982. The highest BCUT2D eigenvalue weighted by Gasteiger charge is 2.05. The number of nitro groups is 1. The molecule has 2 N–H and O–H groups in total. The van der Waals surface area contributed by atoms with Gasteiger partial charge in [0, 0.05) is 24.1 Å². The van der Waals surface area contributed by atoms with Crippen LogP contribution in [0.3, 0.4) is 0 Å². The summed E-state index contributed by atoms with van der Waals surface area (Å²) in [5.41, 5.74) is 7.51. The van der Waals surface area contributed by atoms with E-state index >= 15 is 0 Å². The first-order valence-electron chi connectivity index (χ1n) is 5.23. The van der Waals surface area contributed by atoms with E-state index in [4.69, 9.17) is 5.73 Å². The van der Waals surface area contributed by atoms with E-state index in [-0.39, 0.29) is 5.69 Å². The lowest BCUT2D eigenvalue weighted by atomic mass is 10.2. The van der Waals surface area contributed by atoms with Crippen molar-refractivity contribution in [2.75, 3.05) is 5.73 Å². The lowest BCUT2D eigenvalue weighted by Crippen LogP contribution is -1.92. The molecule has 2 aromatic rings. The van der Waals surface area contributed by atoms with Crippen molar-refractivity contribution < 1.29 is 4.92 Å². The standard InChI is InChI=1S/C12H11N3O2S/c13-11-2-1-7-14-12(11)18-8-9-3-5-10(6-4-9)15(16)17/h1-7H,8,13H2. The van der Waals surface area contributed by atoms with Crippen molar-refractivity contribution in [3.63, 3.8) is 0 Å². The molecule has 1 aromatic heterocycles. The largest absolute Gasteiger partial charge is 0.397 e. The van der Waals surface area contributed by atoms with Gasteiger partial charge in [0.25, 0.3) is 5.69 Å². The molecule has 2 rings (SSSR count). The topological polar surface area (TPSA) is 82.0 Å². The van der Waals surface area contributed by atoms with E-state index in [1.54, 1.807) is 30.5 Å². The number of pyridine rings is 1. The quantitative estimate of drug-likeness (QED) is 0.520. The molecule has 0 saturated carbocycles. The Hall–Kier alpha value is -2.08. The van der Waals surface area contributed by atoms with Gasteiger partial charge in [0.1, 0.15) is 5.03 Å². The third-order valence-corrected chi connectivity index (χ3v) is 3.42. The van der Waals surface area contributed by atoms with Gasteiger partial charge in [-0.15, -0.1) is 0 Å². The number of nitrogens with two attached hydrogens (primary N) is 1. The fraction of sp³-hybridized carbons (Fsp3) is 0.0833. The van der Waals surface area contributed by atoms with Crippen LogP contribution >= 0.6 is 11.8 Å². The number of nitro benzene ring substituents is 1. The number of hydrogen-bond acceptors (Lipinski definition) is 5. The van der Waals surface area contributed by atoms with Gasteiger partial charge >= 0.3 is 0 Å². The number of non-ortho nitro benzene ring substituents is 1. The molecule has 0 aliphatic heterocycles. The van der Waals surface area contributed by atoms with Crippen LogP contribution in [0.15, 0.2) is 47.6 Å². The van der Waals surface area contributed by atoms with Crippen molar-refractivity contribution in [1.82, 2.24) is 4.98 Å². The van der Waals surface area contributed by atoms with Crippen LogP contribution in [0.4, 0.5) is 11.4 Å². The zero-order valence-corrected chi connectivity index (χ0v) is 10.3. The van der Waals surface area contributed by atoms with E-state index in [0.29, 0.717) is 11.4 Å². The second kappa shape index (κ2) is 5.50. The normalized spacial score (nSPS) is 10.2. The van der Waals surface area contributed by atoms with Crippen molar-refractivity contribution in [2.24, 2.45) is 0 Å². The van der Waals surface area contributed by atoms with E-state index in [1.165, 1.54) is 23.9 Å². The lowest BCUT2D eigenvalue weighted by Gasteiger charge is -2.03. The average molecular weight is 261 g/mol. The van der Waals surface area contributed by atoms with Crippen LogP contribution in [0.25, 0.3) is 0 Å². The first-order chi connectivity index (χ1) is 8.66. The summed E-state index contributed by atoms with van der Waals surface area (Å²) in [6.45, 7) is 0. The Morgan fingerprint density at radius 2 is 2.00 bits per heavy atom. The predicted octanol–water partition coefficient (Wildman–Crippen LogP) is 2.86. The second-order valence-corrected chi connectivity index (χ2v) is 4.57. The van der Waals surface area contributed by atoms with Crippen LogP contribution in [0.2, 0.25) is 0 Å². The Labute approximate surface area is 108 Å². The minimum Gasteiger partial charge on any atom is -0.397 e. The number of thioether (sulfide) groups is 1. The maximum Gasteiger partial charge on any atom is 0.269 e. The van der Waals surface area contributed by atoms with Gasteiger partial charge in [-0.2, -0.15) is 0 Å². The Bertz CT molecular complexity index is 558. The second-order valence-electron chi connectivity index (χ2n) is 3.61. The molecule has 0 fully saturated rings. The number of anilines is 1. The Balaban J connectivity index is 2.02. The van der Waals surface area contributed by atoms with E-state index in [2.05, 4.69) is 4.98 Å². The predicted molar refractivity (Wildman–Crippen MR) is 71.3 cm³/mol. The molecular weight excluding hydrogens is 250 g/mol. The SMILES string of the molecule is Nc1cccnc1SCc1ccc([N+](=O)[O-])cc1. The molecule has 0 saturated heterocycles. The van der Waals surface area contributed by atoms with Crippen LogP contribution in [-0.2, 0) is 5.75 Å². The van der Waals surface area contributed by atoms with E-state index in [0.717, 1.165) is 10.6 Å². The minimum atomic E-state index is -0.409. The van der Waals surface area contributed by atoms with E-state index in [1.807, 2.05) is 0 Å². The van der Waals surface area contributed by atoms with Gasteiger partial charge in [0.2, 0.25) is 0 Å². The molecule has 5 nitrogen and oxygen atoms in total. The maximum absolute atomic E-state index is 10.5. The molecule has 0 radical (unpaired) electrons. The van der Waals surface area contributed by atoms with Gasteiger partial charge in [-0.1, -0.05) is 23.9 Å². The first kappa shape index (κ1) is 12.4. The number of rotatable bonds is 4. The molecule has 1 heterocycles. The first-order valence-corrected chi connectivity index (χ1v) is 6.22. The molecule has 0 aliphatic carbocycles. The third-order valence-electron chi connectivity index (χ3n) is 2.32. The summed E-state index contributed by atoms with van der Waals surface area (Å²) >= 11 is 1.51. The molecule has 0 amide bonds. The summed E-state index contributed by atoms with van der Waals surface area (Å²) in [7, 11) is 0. The number of benzene rings is 1. The third kappa shape index (κ3) is 2.98. The molecule has 6 heteroatoms. The molecule has 0 atom stereocenters. The number of hydrogen-bond donors (Lipinski definition) is 1.